The van der Waals surface area contributed by atoms with Crippen LogP contribution in [0.5, 0.6) is 0 Å². The van der Waals surface area contributed by atoms with Crippen LogP contribution in [0.4, 0.5) is 11.5 Å². The van der Waals surface area contributed by atoms with E-state index < -0.39 is 0 Å². The van der Waals surface area contributed by atoms with Gasteiger partial charge in [0.15, 0.2) is 16.6 Å². The number of anilines is 2. The van der Waals surface area contributed by atoms with E-state index in [1.165, 1.54) is 11.8 Å². The first-order valence-corrected chi connectivity index (χ1v) is 7.14. The number of aromatic amines is 1. The number of thioether (sulfide) groups is 1. The van der Waals surface area contributed by atoms with Gasteiger partial charge in [0.05, 0.1) is 6.33 Å². The highest BCUT2D eigenvalue weighted by Gasteiger charge is 2.09. The van der Waals surface area contributed by atoms with Crippen LogP contribution in [0.15, 0.2) is 35.7 Å². The number of fused-ring (bicyclic) bond motifs is 1. The largest absolute Gasteiger partial charge is 0.340 e. The Bertz CT molecular complexity index is 710. The molecule has 96 valence electrons. The number of nitrogens with zero attached hydrogens (tertiary/aromatic N) is 3. The van der Waals surface area contributed by atoms with Crippen LogP contribution in [0.2, 0.25) is 5.02 Å². The van der Waals surface area contributed by atoms with Gasteiger partial charge >= 0.3 is 0 Å². The monoisotopic (exact) mass is 291 g/mol. The molecule has 0 radical (unpaired) electrons. The zero-order chi connectivity index (χ0) is 13.2. The minimum atomic E-state index is 0.649. The molecule has 0 saturated carbocycles. The Hall–Kier alpha value is -1.79. The number of H-pyrrole nitrogens is 1. The van der Waals surface area contributed by atoms with Crippen LogP contribution < -0.4 is 5.32 Å². The average Bonchev–Trinajstić information content (AvgIpc) is 2.89. The summed E-state index contributed by atoms with van der Waals surface area (Å²) in [6, 6.07) is 7.44. The van der Waals surface area contributed by atoms with Gasteiger partial charge in [0.2, 0.25) is 0 Å². The van der Waals surface area contributed by atoms with Gasteiger partial charge in [-0.05, 0) is 30.5 Å². The smallest absolute Gasteiger partial charge is 0.191 e. The molecule has 0 bridgehead atoms. The molecule has 3 rings (SSSR count). The van der Waals surface area contributed by atoms with Crippen molar-refractivity contribution in [3.05, 3.63) is 35.6 Å². The number of benzene rings is 1. The fraction of sp³-hybridized carbons (Fsp3) is 0.0833. The van der Waals surface area contributed by atoms with E-state index in [-0.39, 0.29) is 0 Å². The van der Waals surface area contributed by atoms with Crippen molar-refractivity contribution in [3.63, 3.8) is 0 Å². The number of hydrogen-bond donors (Lipinski definition) is 2. The Kier molecular flexibility index (Phi) is 3.27. The molecule has 19 heavy (non-hydrogen) atoms. The third-order valence-electron chi connectivity index (χ3n) is 2.55. The second-order valence-electron chi connectivity index (χ2n) is 3.79. The molecule has 0 amide bonds. The topological polar surface area (TPSA) is 66.5 Å². The van der Waals surface area contributed by atoms with Crippen LogP contribution >= 0.6 is 23.4 Å². The number of hydrogen-bond acceptors (Lipinski definition) is 5. The predicted molar refractivity (Wildman–Crippen MR) is 78.2 cm³/mol. The quantitative estimate of drug-likeness (QED) is 0.571. The van der Waals surface area contributed by atoms with Gasteiger partial charge in [-0.3, -0.25) is 0 Å². The zero-order valence-electron chi connectivity index (χ0n) is 10.0. The minimum Gasteiger partial charge on any atom is -0.340 e. The fourth-order valence-corrected chi connectivity index (χ4v) is 2.15. The maximum Gasteiger partial charge on any atom is 0.191 e. The molecule has 7 heteroatoms. The molecule has 0 atom stereocenters. The molecule has 1 aromatic carbocycles. The summed E-state index contributed by atoms with van der Waals surface area (Å²) < 4.78 is 0. The van der Waals surface area contributed by atoms with Gasteiger partial charge in [0, 0.05) is 10.7 Å². The molecule has 0 fully saturated rings. The van der Waals surface area contributed by atoms with E-state index in [1.807, 2.05) is 30.5 Å². The van der Waals surface area contributed by atoms with E-state index in [2.05, 4.69) is 25.3 Å². The Morgan fingerprint density at radius 3 is 2.74 bits per heavy atom. The van der Waals surface area contributed by atoms with Crippen molar-refractivity contribution in [2.24, 2.45) is 0 Å². The molecule has 0 spiro atoms. The van der Waals surface area contributed by atoms with Crippen LogP contribution in [-0.2, 0) is 0 Å². The second kappa shape index (κ2) is 5.07. The highest BCUT2D eigenvalue weighted by Crippen LogP contribution is 2.24. The maximum atomic E-state index is 5.87. The van der Waals surface area contributed by atoms with Crippen molar-refractivity contribution in [2.45, 2.75) is 5.16 Å². The molecule has 0 saturated heterocycles. The standard InChI is InChI=1S/C12H10ClN5S/c1-19-12-17-10-9(14-6-15-10)11(18-12)16-8-4-2-7(13)3-5-8/h2-6H,1H3,(H2,14,15,16,17,18). The van der Waals surface area contributed by atoms with E-state index in [1.54, 1.807) is 6.33 Å². The summed E-state index contributed by atoms with van der Waals surface area (Å²) >= 11 is 7.34. The third kappa shape index (κ3) is 2.50. The molecular formula is C12H10ClN5S. The molecule has 0 aliphatic carbocycles. The lowest BCUT2D eigenvalue weighted by Gasteiger charge is -2.07. The average molecular weight is 292 g/mol. The van der Waals surface area contributed by atoms with E-state index in [0.717, 1.165) is 11.2 Å². The molecule has 0 aliphatic rings. The Balaban J connectivity index is 2.03. The van der Waals surface area contributed by atoms with Gasteiger partial charge in [-0.2, -0.15) is 0 Å². The Morgan fingerprint density at radius 1 is 1.21 bits per heavy atom. The summed E-state index contributed by atoms with van der Waals surface area (Å²) in [4.78, 5) is 16.0. The predicted octanol–water partition coefficient (Wildman–Crippen LogP) is 3.47. The van der Waals surface area contributed by atoms with Crippen molar-refractivity contribution in [1.82, 2.24) is 19.9 Å². The Labute approximate surface area is 118 Å². The second-order valence-corrected chi connectivity index (χ2v) is 5.00. The summed E-state index contributed by atoms with van der Waals surface area (Å²) in [5.41, 5.74) is 2.34. The van der Waals surface area contributed by atoms with E-state index in [9.17, 15) is 0 Å². The van der Waals surface area contributed by atoms with Crippen molar-refractivity contribution in [3.8, 4) is 0 Å². The van der Waals surface area contributed by atoms with Crippen molar-refractivity contribution in [1.29, 1.82) is 0 Å². The van der Waals surface area contributed by atoms with Gasteiger partial charge in [-0.25, -0.2) is 15.0 Å². The number of nitrogens with one attached hydrogen (secondary N) is 2. The molecule has 0 unspecified atom stereocenters. The number of rotatable bonds is 3. The maximum absolute atomic E-state index is 5.87. The first kappa shape index (κ1) is 12.3. The summed E-state index contributed by atoms with van der Waals surface area (Å²) in [5, 5.41) is 4.62. The van der Waals surface area contributed by atoms with Crippen LogP contribution in [-0.4, -0.2) is 26.2 Å². The van der Waals surface area contributed by atoms with Crippen molar-refractivity contribution >= 4 is 46.0 Å². The highest BCUT2D eigenvalue weighted by atomic mass is 35.5. The fourth-order valence-electron chi connectivity index (χ4n) is 1.66. The van der Waals surface area contributed by atoms with Gasteiger partial charge in [-0.1, -0.05) is 23.4 Å². The zero-order valence-corrected chi connectivity index (χ0v) is 11.6. The number of halogens is 1. The third-order valence-corrected chi connectivity index (χ3v) is 3.35. The van der Waals surface area contributed by atoms with Gasteiger partial charge in [0.25, 0.3) is 0 Å². The summed E-state index contributed by atoms with van der Waals surface area (Å²) in [6.07, 6.45) is 3.54. The lowest BCUT2D eigenvalue weighted by molar-refractivity contribution is 1.00. The summed E-state index contributed by atoms with van der Waals surface area (Å²) in [5.74, 6) is 0.703. The van der Waals surface area contributed by atoms with Gasteiger partial charge < -0.3 is 10.3 Å². The Morgan fingerprint density at radius 2 is 2.00 bits per heavy atom. The van der Waals surface area contributed by atoms with Crippen molar-refractivity contribution < 1.29 is 0 Å². The molecule has 2 aromatic heterocycles. The molecular weight excluding hydrogens is 282 g/mol. The normalized spacial score (nSPS) is 10.8. The lowest BCUT2D eigenvalue weighted by atomic mass is 10.3. The number of imidazole rings is 1. The molecule has 3 aromatic rings. The molecule has 2 N–H and O–H groups in total. The first-order valence-electron chi connectivity index (χ1n) is 5.54. The van der Waals surface area contributed by atoms with Gasteiger partial charge in [-0.15, -0.1) is 0 Å². The highest BCUT2D eigenvalue weighted by molar-refractivity contribution is 7.98. The van der Waals surface area contributed by atoms with Crippen LogP contribution in [0.1, 0.15) is 0 Å². The van der Waals surface area contributed by atoms with E-state index >= 15 is 0 Å². The minimum absolute atomic E-state index is 0.649. The van der Waals surface area contributed by atoms with Crippen LogP contribution in [0.25, 0.3) is 11.2 Å². The number of aromatic nitrogens is 4. The lowest BCUT2D eigenvalue weighted by Crippen LogP contribution is -1.98. The summed E-state index contributed by atoms with van der Waals surface area (Å²) in [7, 11) is 0. The van der Waals surface area contributed by atoms with E-state index in [0.29, 0.717) is 21.6 Å². The molecule has 0 aliphatic heterocycles. The molecule has 2 heterocycles. The first-order chi connectivity index (χ1) is 9.26. The summed E-state index contributed by atoms with van der Waals surface area (Å²) in [6.45, 7) is 0. The van der Waals surface area contributed by atoms with Crippen LogP contribution in [0, 0.1) is 0 Å². The SMILES string of the molecule is CSc1nc(Nc2ccc(Cl)cc2)c2[nH]cnc2n1. The van der Waals surface area contributed by atoms with Crippen LogP contribution in [0.3, 0.4) is 0 Å². The molecule has 5 nitrogen and oxygen atoms in total. The van der Waals surface area contributed by atoms with E-state index in [4.69, 9.17) is 11.6 Å². The van der Waals surface area contributed by atoms with Gasteiger partial charge in [0.1, 0.15) is 5.52 Å². The van der Waals surface area contributed by atoms with Crippen molar-refractivity contribution in [2.75, 3.05) is 11.6 Å².